The van der Waals surface area contributed by atoms with E-state index in [4.69, 9.17) is 10.2 Å². The first kappa shape index (κ1) is 20.7. The predicted octanol–water partition coefficient (Wildman–Crippen LogP) is 5.40. The molecule has 2 aromatic rings. The Bertz CT molecular complexity index is 471. The zero-order valence-corrected chi connectivity index (χ0v) is 16.1. The van der Waals surface area contributed by atoms with Crippen molar-refractivity contribution < 1.29 is 10.2 Å². The molecule has 116 valence electrons. The molecule has 0 spiro atoms. The molecule has 0 unspecified atom stereocenters. The summed E-state index contributed by atoms with van der Waals surface area (Å²) in [5.74, 6) is 0.659. The highest BCUT2D eigenvalue weighted by atomic mass is 33.5. The van der Waals surface area contributed by atoms with Gasteiger partial charge in [-0.15, -0.1) is 36.7 Å². The van der Waals surface area contributed by atoms with Crippen LogP contribution in [0.25, 0.3) is 0 Å². The van der Waals surface area contributed by atoms with E-state index in [0.717, 1.165) is 0 Å². The Kier molecular flexibility index (Phi) is 10.3. The zero-order chi connectivity index (χ0) is 16.5. The van der Waals surface area contributed by atoms with Gasteiger partial charge in [0.1, 0.15) is 15.1 Å². The minimum absolute atomic E-state index is 0.329. The molecule has 2 aromatic carbocycles. The summed E-state index contributed by atoms with van der Waals surface area (Å²) in [5, 5.41) is 17.5. The van der Waals surface area contributed by atoms with Crippen LogP contribution in [0.2, 0.25) is 0 Å². The van der Waals surface area contributed by atoms with Crippen LogP contribution >= 0.6 is 40.4 Å². The maximum Gasteiger partial charge on any atom is 0.115 e. The maximum atomic E-state index is 8.76. The van der Waals surface area contributed by atoms with E-state index < -0.39 is 3.64 Å². The van der Waals surface area contributed by atoms with Gasteiger partial charge in [0.15, 0.2) is 0 Å². The molecule has 0 aliphatic rings. The number of rotatable bonds is 0. The van der Waals surface area contributed by atoms with E-state index in [1.807, 2.05) is 38.1 Å². The van der Waals surface area contributed by atoms with Gasteiger partial charge in [-0.1, -0.05) is 47.2 Å². The third-order valence-electron chi connectivity index (χ3n) is 2.07. The molecule has 0 aromatic heterocycles. The molecule has 2 N–H and O–H groups in total. The molecule has 0 radical (unpaired) electrons. The van der Waals surface area contributed by atoms with Crippen molar-refractivity contribution >= 4 is 52.2 Å². The highest BCUT2D eigenvalue weighted by molar-refractivity contribution is 9.14. The van der Waals surface area contributed by atoms with Gasteiger partial charge in [-0.2, -0.15) is 0 Å². The molecular formula is C14H19O2PS4. The minimum atomic E-state index is -1.72. The summed E-state index contributed by atoms with van der Waals surface area (Å²) in [7, 11) is 0. The molecule has 0 aliphatic carbocycles. The lowest BCUT2D eigenvalue weighted by Gasteiger charge is -1.89. The number of hydrogen-bond acceptors (Lipinski definition) is 3. The van der Waals surface area contributed by atoms with Gasteiger partial charge in [0.05, 0.1) is 0 Å². The summed E-state index contributed by atoms with van der Waals surface area (Å²) in [6.07, 6.45) is 0. The van der Waals surface area contributed by atoms with Crippen molar-refractivity contribution in [3.05, 3.63) is 59.7 Å². The summed E-state index contributed by atoms with van der Waals surface area (Å²) in [6.45, 7) is 3.97. The Labute approximate surface area is 147 Å². The second kappa shape index (κ2) is 10.5. The smallest absolute Gasteiger partial charge is 0.115 e. The number of thiol groups is 3. The lowest BCUT2D eigenvalue weighted by Crippen LogP contribution is -1.66. The predicted molar refractivity (Wildman–Crippen MR) is 107 cm³/mol. The van der Waals surface area contributed by atoms with Gasteiger partial charge < -0.3 is 10.2 Å². The van der Waals surface area contributed by atoms with E-state index in [9.17, 15) is 0 Å². The lowest BCUT2D eigenvalue weighted by atomic mass is 10.2. The number of phenols is 2. The van der Waals surface area contributed by atoms with Crippen molar-refractivity contribution in [1.29, 1.82) is 0 Å². The topological polar surface area (TPSA) is 40.5 Å². The fourth-order valence-electron chi connectivity index (χ4n) is 1.09. The van der Waals surface area contributed by atoms with Gasteiger partial charge in [0.2, 0.25) is 0 Å². The molecule has 2 nitrogen and oxygen atoms in total. The molecule has 7 heteroatoms. The van der Waals surface area contributed by atoms with Gasteiger partial charge in [-0.05, 0) is 38.1 Å². The van der Waals surface area contributed by atoms with Crippen LogP contribution in [0.15, 0.2) is 48.5 Å². The molecule has 0 bridgehead atoms. The summed E-state index contributed by atoms with van der Waals surface area (Å²) in [5.41, 5.74) is 2.34. The van der Waals surface area contributed by atoms with E-state index in [1.54, 1.807) is 24.3 Å². The van der Waals surface area contributed by atoms with Crippen LogP contribution in [0, 0.1) is 13.8 Å². The average Bonchev–Trinajstić information content (AvgIpc) is 2.35. The van der Waals surface area contributed by atoms with Gasteiger partial charge >= 0.3 is 0 Å². The van der Waals surface area contributed by atoms with Crippen LogP contribution < -0.4 is 0 Å². The minimum Gasteiger partial charge on any atom is -0.508 e. The van der Waals surface area contributed by atoms with Gasteiger partial charge in [0.25, 0.3) is 0 Å². The third-order valence-corrected chi connectivity index (χ3v) is 2.07. The Hall–Kier alpha value is -0.260. The largest absolute Gasteiger partial charge is 0.508 e. The van der Waals surface area contributed by atoms with Gasteiger partial charge in [0, 0.05) is 0 Å². The van der Waals surface area contributed by atoms with Crippen molar-refractivity contribution in [2.24, 2.45) is 0 Å². The normalized spacial score (nSPS) is 9.76. The van der Waals surface area contributed by atoms with Crippen LogP contribution in [0.1, 0.15) is 11.1 Å². The van der Waals surface area contributed by atoms with Crippen molar-refractivity contribution in [2.45, 2.75) is 13.8 Å². The molecule has 0 fully saturated rings. The van der Waals surface area contributed by atoms with Crippen LogP contribution in [-0.2, 0) is 11.8 Å². The molecule has 0 saturated carbocycles. The fourth-order valence-corrected chi connectivity index (χ4v) is 1.09. The van der Waals surface area contributed by atoms with Crippen LogP contribution in [-0.4, -0.2) is 10.2 Å². The SMILES string of the molecule is Cc1ccc(O)cc1.Cc1ccc(O)cc1.S=P(S)(S)S. The van der Waals surface area contributed by atoms with Gasteiger partial charge in [-0.3, -0.25) is 0 Å². The van der Waals surface area contributed by atoms with Crippen LogP contribution in [0.3, 0.4) is 0 Å². The maximum absolute atomic E-state index is 8.76. The standard InChI is InChI=1S/2C7H8O.H3PS4/c2*1-6-2-4-7(8)5-3-6;2-1(3,4)5/h2*2-5,8H,1H3;(H3,2,3,4,5). The lowest BCUT2D eigenvalue weighted by molar-refractivity contribution is 0.474. The molecule has 2 rings (SSSR count). The monoisotopic (exact) mass is 378 g/mol. The molecule has 0 saturated heterocycles. The zero-order valence-electron chi connectivity index (χ0n) is 11.7. The van der Waals surface area contributed by atoms with E-state index >= 15 is 0 Å². The van der Waals surface area contributed by atoms with Crippen molar-refractivity contribution in [1.82, 2.24) is 0 Å². The first-order valence-corrected chi connectivity index (χ1v) is 12.1. The first-order chi connectivity index (χ1) is 9.58. The van der Waals surface area contributed by atoms with E-state index in [0.29, 0.717) is 11.5 Å². The number of benzene rings is 2. The second-order valence-corrected chi connectivity index (χ2v) is 17.5. The highest BCUT2D eigenvalue weighted by Crippen LogP contribution is 2.60. The Morgan fingerprint density at radius 2 is 0.905 bits per heavy atom. The van der Waals surface area contributed by atoms with Gasteiger partial charge in [-0.25, -0.2) is 0 Å². The Morgan fingerprint density at radius 1 is 0.714 bits per heavy atom. The van der Waals surface area contributed by atoms with Crippen LogP contribution in [0.5, 0.6) is 11.5 Å². The van der Waals surface area contributed by atoms with E-state index in [1.165, 1.54) is 11.1 Å². The molecule has 0 atom stereocenters. The van der Waals surface area contributed by atoms with Crippen LogP contribution in [0.4, 0.5) is 0 Å². The summed E-state index contributed by atoms with van der Waals surface area (Å²) in [4.78, 5) is 0. The summed E-state index contributed by atoms with van der Waals surface area (Å²) in [6, 6.07) is 14.2. The number of hydrogen-bond donors (Lipinski definition) is 5. The quantitative estimate of drug-likeness (QED) is 0.315. The second-order valence-electron chi connectivity index (χ2n) is 4.18. The molecule has 0 heterocycles. The fraction of sp³-hybridized carbons (Fsp3) is 0.143. The summed E-state index contributed by atoms with van der Waals surface area (Å²) < 4.78 is -1.72. The molecular weight excluding hydrogens is 359 g/mol. The van der Waals surface area contributed by atoms with E-state index in [2.05, 4.69) is 48.6 Å². The first-order valence-electron chi connectivity index (χ1n) is 5.87. The number of aromatic hydroxyl groups is 2. The average molecular weight is 379 g/mol. The molecule has 0 amide bonds. The van der Waals surface area contributed by atoms with Crippen molar-refractivity contribution in [2.75, 3.05) is 0 Å². The highest BCUT2D eigenvalue weighted by Gasteiger charge is 1.87. The Balaban J connectivity index is 0.000000296. The van der Waals surface area contributed by atoms with Crippen molar-refractivity contribution in [3.63, 3.8) is 0 Å². The summed E-state index contributed by atoms with van der Waals surface area (Å²) >= 11 is 15.9. The Morgan fingerprint density at radius 3 is 1.05 bits per heavy atom. The van der Waals surface area contributed by atoms with E-state index in [-0.39, 0.29) is 0 Å². The molecule has 21 heavy (non-hydrogen) atoms. The number of phenolic OH excluding ortho intramolecular Hbond substituents is 2. The third kappa shape index (κ3) is 15.9. The number of aryl methyl sites for hydroxylation is 2. The van der Waals surface area contributed by atoms with Crippen molar-refractivity contribution in [3.8, 4) is 11.5 Å². The molecule has 0 aliphatic heterocycles.